The molecule has 1 saturated heterocycles. The first-order valence-electron chi connectivity index (χ1n) is 8.84. The number of amides is 2. The topological polar surface area (TPSA) is 49.4 Å². The molecule has 0 radical (unpaired) electrons. The summed E-state index contributed by atoms with van der Waals surface area (Å²) < 4.78 is 0. The van der Waals surface area contributed by atoms with E-state index < -0.39 is 0 Å². The van der Waals surface area contributed by atoms with Crippen molar-refractivity contribution in [1.29, 1.82) is 0 Å². The minimum atomic E-state index is 0.141. The largest absolute Gasteiger partial charge is 0.356 e. The van der Waals surface area contributed by atoms with E-state index in [2.05, 4.69) is 5.32 Å². The second-order valence-corrected chi connectivity index (χ2v) is 6.90. The van der Waals surface area contributed by atoms with E-state index >= 15 is 0 Å². The third-order valence-corrected chi connectivity index (χ3v) is 5.12. The first kappa shape index (κ1) is 16.0. The van der Waals surface area contributed by atoms with Crippen molar-refractivity contribution >= 4 is 17.5 Å². The van der Waals surface area contributed by atoms with Crippen LogP contribution in [0.4, 0.5) is 5.69 Å². The summed E-state index contributed by atoms with van der Waals surface area (Å²) >= 11 is 0. The molecular weight excluding hydrogens is 288 g/mol. The van der Waals surface area contributed by atoms with Crippen LogP contribution in [0.3, 0.4) is 0 Å². The van der Waals surface area contributed by atoms with Gasteiger partial charge in [-0.2, -0.15) is 0 Å². The zero-order valence-corrected chi connectivity index (χ0v) is 13.7. The van der Waals surface area contributed by atoms with Crippen LogP contribution in [0, 0.1) is 11.8 Å². The molecule has 4 heteroatoms. The highest BCUT2D eigenvalue weighted by molar-refractivity contribution is 5.95. The van der Waals surface area contributed by atoms with Crippen LogP contribution in [0.25, 0.3) is 0 Å². The highest BCUT2D eigenvalue weighted by atomic mass is 16.2. The molecule has 23 heavy (non-hydrogen) atoms. The zero-order chi connectivity index (χ0) is 16.1. The van der Waals surface area contributed by atoms with Crippen LogP contribution in [0.15, 0.2) is 30.3 Å². The van der Waals surface area contributed by atoms with E-state index in [0.717, 1.165) is 18.0 Å². The predicted octanol–water partition coefficient (Wildman–Crippen LogP) is 3.13. The van der Waals surface area contributed by atoms with Gasteiger partial charge in [0.2, 0.25) is 11.8 Å². The first-order chi connectivity index (χ1) is 11.2. The third kappa shape index (κ3) is 4.34. The Labute approximate surface area is 138 Å². The lowest BCUT2D eigenvalue weighted by molar-refractivity contribution is -0.122. The zero-order valence-electron chi connectivity index (χ0n) is 13.7. The smallest absolute Gasteiger partial charge is 0.227 e. The van der Waals surface area contributed by atoms with E-state index in [9.17, 15) is 9.59 Å². The number of benzene rings is 1. The second-order valence-electron chi connectivity index (χ2n) is 6.90. The molecule has 1 aliphatic carbocycles. The Hall–Kier alpha value is -1.84. The molecule has 2 fully saturated rings. The molecule has 124 valence electrons. The Morgan fingerprint density at radius 3 is 2.61 bits per heavy atom. The van der Waals surface area contributed by atoms with Crippen LogP contribution in [0.5, 0.6) is 0 Å². The van der Waals surface area contributed by atoms with Gasteiger partial charge in [-0.3, -0.25) is 9.59 Å². The Balaban J connectivity index is 1.40. The summed E-state index contributed by atoms with van der Waals surface area (Å²) in [5.41, 5.74) is 0.951. The molecule has 0 bridgehead atoms. The van der Waals surface area contributed by atoms with Crippen molar-refractivity contribution in [2.24, 2.45) is 11.8 Å². The summed E-state index contributed by atoms with van der Waals surface area (Å²) in [7, 11) is 0. The van der Waals surface area contributed by atoms with Gasteiger partial charge in [0.05, 0.1) is 0 Å². The highest BCUT2D eigenvalue weighted by Gasteiger charge is 2.30. The van der Waals surface area contributed by atoms with Gasteiger partial charge < -0.3 is 10.2 Å². The lowest BCUT2D eigenvalue weighted by atomic mass is 10.0. The van der Waals surface area contributed by atoms with Gasteiger partial charge in [0, 0.05) is 37.5 Å². The van der Waals surface area contributed by atoms with E-state index in [0.29, 0.717) is 25.9 Å². The van der Waals surface area contributed by atoms with Crippen molar-refractivity contribution in [3.05, 3.63) is 30.3 Å². The third-order valence-electron chi connectivity index (χ3n) is 5.12. The van der Waals surface area contributed by atoms with E-state index in [4.69, 9.17) is 0 Å². The molecule has 1 aromatic rings. The van der Waals surface area contributed by atoms with Crippen molar-refractivity contribution < 1.29 is 9.59 Å². The molecule has 1 N–H and O–H groups in total. The SMILES string of the molecule is O=C(CCC1CCCC1)NC[C@H]1CC(=O)N(c2ccccc2)C1. The maximum absolute atomic E-state index is 12.1. The van der Waals surface area contributed by atoms with Crippen molar-refractivity contribution in [3.63, 3.8) is 0 Å². The Kier molecular flexibility index (Phi) is 5.31. The lowest BCUT2D eigenvalue weighted by Gasteiger charge is -2.17. The van der Waals surface area contributed by atoms with Crippen molar-refractivity contribution in [1.82, 2.24) is 5.32 Å². The van der Waals surface area contributed by atoms with Crippen molar-refractivity contribution in [2.45, 2.75) is 44.9 Å². The standard InChI is InChI=1S/C19H26N2O2/c22-18(11-10-15-6-4-5-7-15)20-13-16-12-19(23)21(14-16)17-8-2-1-3-9-17/h1-3,8-9,15-16H,4-7,10-14H2,(H,20,22)/t16-/m1/s1. The Morgan fingerprint density at radius 1 is 1.13 bits per heavy atom. The van der Waals surface area contributed by atoms with Gasteiger partial charge in [-0.15, -0.1) is 0 Å². The van der Waals surface area contributed by atoms with Gasteiger partial charge in [0.1, 0.15) is 0 Å². The monoisotopic (exact) mass is 314 g/mol. The average Bonchev–Trinajstić information content (AvgIpc) is 3.21. The molecular formula is C19H26N2O2. The molecule has 1 heterocycles. The van der Waals surface area contributed by atoms with Crippen LogP contribution in [0.2, 0.25) is 0 Å². The minimum Gasteiger partial charge on any atom is -0.356 e. The maximum atomic E-state index is 12.1. The maximum Gasteiger partial charge on any atom is 0.227 e. The predicted molar refractivity (Wildman–Crippen MR) is 91.1 cm³/mol. The number of hydrogen-bond acceptors (Lipinski definition) is 2. The fourth-order valence-corrected chi connectivity index (χ4v) is 3.76. The molecule has 4 nitrogen and oxygen atoms in total. The summed E-state index contributed by atoms with van der Waals surface area (Å²) in [5.74, 6) is 1.27. The minimum absolute atomic E-state index is 0.141. The number of anilines is 1. The fourth-order valence-electron chi connectivity index (χ4n) is 3.76. The molecule has 0 spiro atoms. The van der Waals surface area contributed by atoms with Crippen LogP contribution in [-0.2, 0) is 9.59 Å². The molecule has 1 aliphatic heterocycles. The van der Waals surface area contributed by atoms with Gasteiger partial charge in [0.15, 0.2) is 0 Å². The molecule has 1 atom stereocenters. The van der Waals surface area contributed by atoms with Crippen LogP contribution in [-0.4, -0.2) is 24.9 Å². The number of carbonyl (C=O) groups is 2. The number of nitrogens with one attached hydrogen (secondary N) is 1. The van der Waals surface area contributed by atoms with E-state index in [1.54, 1.807) is 0 Å². The van der Waals surface area contributed by atoms with Gasteiger partial charge in [-0.1, -0.05) is 43.9 Å². The van der Waals surface area contributed by atoms with Crippen molar-refractivity contribution in [2.75, 3.05) is 18.0 Å². The van der Waals surface area contributed by atoms with Crippen LogP contribution in [0.1, 0.15) is 44.9 Å². The van der Waals surface area contributed by atoms with Crippen LogP contribution < -0.4 is 10.2 Å². The molecule has 3 rings (SSSR count). The molecule has 2 amide bonds. The molecule has 1 saturated carbocycles. The Morgan fingerprint density at radius 2 is 1.87 bits per heavy atom. The van der Waals surface area contributed by atoms with E-state index in [-0.39, 0.29) is 17.7 Å². The van der Waals surface area contributed by atoms with Gasteiger partial charge in [0.25, 0.3) is 0 Å². The molecule has 1 aromatic carbocycles. The number of hydrogen-bond donors (Lipinski definition) is 1. The first-order valence-corrected chi connectivity index (χ1v) is 8.84. The quantitative estimate of drug-likeness (QED) is 0.877. The molecule has 0 aromatic heterocycles. The van der Waals surface area contributed by atoms with Crippen molar-refractivity contribution in [3.8, 4) is 0 Å². The summed E-state index contributed by atoms with van der Waals surface area (Å²) in [6.07, 6.45) is 7.40. The summed E-state index contributed by atoms with van der Waals surface area (Å²) in [4.78, 5) is 26.0. The number of nitrogens with zero attached hydrogens (tertiary/aromatic N) is 1. The fraction of sp³-hybridized carbons (Fsp3) is 0.579. The highest BCUT2D eigenvalue weighted by Crippen LogP contribution is 2.28. The normalized spacial score (nSPS) is 21.8. The van der Waals surface area contributed by atoms with Gasteiger partial charge >= 0.3 is 0 Å². The number of carbonyl (C=O) groups excluding carboxylic acids is 2. The van der Waals surface area contributed by atoms with E-state index in [1.807, 2.05) is 35.2 Å². The Bertz CT molecular complexity index is 538. The van der Waals surface area contributed by atoms with Gasteiger partial charge in [-0.25, -0.2) is 0 Å². The second kappa shape index (κ2) is 7.62. The lowest BCUT2D eigenvalue weighted by Crippen LogP contribution is -2.31. The average molecular weight is 314 g/mol. The molecule has 2 aliphatic rings. The van der Waals surface area contributed by atoms with E-state index in [1.165, 1.54) is 25.7 Å². The summed E-state index contributed by atoms with van der Waals surface area (Å²) in [6, 6.07) is 9.76. The summed E-state index contributed by atoms with van der Waals surface area (Å²) in [5, 5.41) is 3.02. The summed E-state index contributed by atoms with van der Waals surface area (Å²) in [6.45, 7) is 1.31. The molecule has 0 unspecified atom stereocenters. The van der Waals surface area contributed by atoms with Gasteiger partial charge in [-0.05, 0) is 24.5 Å². The van der Waals surface area contributed by atoms with Crippen LogP contribution >= 0.6 is 0 Å². The number of para-hydroxylation sites is 1. The number of rotatable bonds is 6.